The molecule has 0 saturated carbocycles. The Kier molecular flexibility index (Phi) is 5.51. The van der Waals surface area contributed by atoms with Gasteiger partial charge < -0.3 is 0 Å². The summed E-state index contributed by atoms with van der Waals surface area (Å²) < 4.78 is 63.1. The van der Waals surface area contributed by atoms with Crippen molar-refractivity contribution in [2.45, 2.75) is 31.0 Å². The van der Waals surface area contributed by atoms with Gasteiger partial charge in [-0.2, -0.15) is 17.5 Å². The van der Waals surface area contributed by atoms with Crippen molar-refractivity contribution in [2.24, 2.45) is 0 Å². The van der Waals surface area contributed by atoms with Gasteiger partial charge >= 0.3 is 6.18 Å². The number of sulfonamides is 1. The Morgan fingerprint density at radius 2 is 1.90 bits per heavy atom. The molecule has 20 heavy (non-hydrogen) atoms. The van der Waals surface area contributed by atoms with Crippen molar-refractivity contribution in [1.82, 2.24) is 4.31 Å². The molecule has 0 heterocycles. The lowest BCUT2D eigenvalue weighted by Crippen LogP contribution is -2.43. The van der Waals surface area contributed by atoms with E-state index in [1.165, 1.54) is 32.0 Å². The molecule has 0 aliphatic rings. The molecule has 0 fully saturated rings. The largest absolute Gasteiger partial charge is 0.402 e. The zero-order valence-electron chi connectivity index (χ0n) is 10.6. The monoisotopic (exact) mass is 393 g/mol. The van der Waals surface area contributed by atoms with Crippen LogP contribution in [0.1, 0.15) is 13.8 Å². The van der Waals surface area contributed by atoms with E-state index in [1.54, 1.807) is 0 Å². The normalized spacial score (nSPS) is 13.2. The van der Waals surface area contributed by atoms with Gasteiger partial charge in [-0.05, 0) is 32.0 Å². The molecule has 0 spiro atoms. The van der Waals surface area contributed by atoms with Crippen LogP contribution in [0.4, 0.5) is 13.2 Å². The zero-order valence-corrected chi connectivity index (χ0v) is 13.7. The van der Waals surface area contributed by atoms with Crippen molar-refractivity contribution in [3.05, 3.63) is 27.7 Å². The third-order valence-electron chi connectivity index (χ3n) is 2.39. The summed E-state index contributed by atoms with van der Waals surface area (Å²) in [6, 6.07) is 3.06. The number of rotatable bonds is 4. The van der Waals surface area contributed by atoms with Crippen molar-refractivity contribution in [1.29, 1.82) is 0 Å². The number of nitrogens with zero attached hydrogens (tertiary/aromatic N) is 1. The van der Waals surface area contributed by atoms with E-state index in [0.717, 1.165) is 0 Å². The van der Waals surface area contributed by atoms with Crippen LogP contribution in [0.2, 0.25) is 5.02 Å². The molecule has 1 rings (SSSR count). The van der Waals surface area contributed by atoms with Crippen molar-refractivity contribution in [3.8, 4) is 0 Å². The van der Waals surface area contributed by atoms with E-state index in [4.69, 9.17) is 11.6 Å². The van der Waals surface area contributed by atoms with Crippen molar-refractivity contribution >= 4 is 37.6 Å². The van der Waals surface area contributed by atoms with Gasteiger partial charge in [0.1, 0.15) is 11.4 Å². The van der Waals surface area contributed by atoms with Gasteiger partial charge in [0.25, 0.3) is 0 Å². The molecule has 0 saturated heterocycles. The molecular formula is C11H12BrClF3NO2S. The number of benzene rings is 1. The first kappa shape index (κ1) is 17.7. The maximum Gasteiger partial charge on any atom is 0.402 e. The molecule has 114 valence electrons. The molecule has 9 heteroatoms. The summed E-state index contributed by atoms with van der Waals surface area (Å²) in [5.74, 6) is 0. The molecule has 1 aromatic rings. The summed E-state index contributed by atoms with van der Waals surface area (Å²) in [6.45, 7) is 1.19. The number of hydrogen-bond acceptors (Lipinski definition) is 2. The highest BCUT2D eigenvalue weighted by Gasteiger charge is 2.39. The minimum absolute atomic E-state index is 0.132. The van der Waals surface area contributed by atoms with Crippen molar-refractivity contribution < 1.29 is 21.6 Å². The van der Waals surface area contributed by atoms with Crippen LogP contribution in [0.5, 0.6) is 0 Å². The SMILES string of the molecule is CC(C)N(CC(F)(F)F)S(=O)(=O)c1ccc(Br)cc1Cl. The second kappa shape index (κ2) is 6.21. The zero-order chi connectivity index (χ0) is 15.7. The third-order valence-corrected chi connectivity index (χ3v) is 5.39. The highest BCUT2D eigenvalue weighted by molar-refractivity contribution is 9.10. The Balaban J connectivity index is 3.30. The molecule has 0 aliphatic heterocycles. The lowest BCUT2D eigenvalue weighted by atomic mass is 10.4. The van der Waals surface area contributed by atoms with E-state index < -0.39 is 28.8 Å². The van der Waals surface area contributed by atoms with E-state index in [1.807, 2.05) is 0 Å². The minimum atomic E-state index is -4.63. The van der Waals surface area contributed by atoms with Gasteiger partial charge in [0.15, 0.2) is 0 Å². The number of alkyl halides is 3. The van der Waals surface area contributed by atoms with Crippen LogP contribution in [-0.4, -0.2) is 31.5 Å². The first-order valence-electron chi connectivity index (χ1n) is 5.49. The van der Waals surface area contributed by atoms with Gasteiger partial charge in [0, 0.05) is 10.5 Å². The Morgan fingerprint density at radius 3 is 2.30 bits per heavy atom. The van der Waals surface area contributed by atoms with E-state index in [2.05, 4.69) is 15.9 Å². The fourth-order valence-corrected chi connectivity index (χ4v) is 4.17. The van der Waals surface area contributed by atoms with Crippen LogP contribution in [0, 0.1) is 0 Å². The molecule has 0 atom stereocenters. The predicted molar refractivity (Wildman–Crippen MR) is 74.2 cm³/mol. The third kappa shape index (κ3) is 4.34. The Morgan fingerprint density at radius 1 is 1.35 bits per heavy atom. The molecule has 0 radical (unpaired) electrons. The quantitative estimate of drug-likeness (QED) is 0.772. The Bertz CT molecular complexity index is 590. The molecule has 0 aromatic heterocycles. The highest BCUT2D eigenvalue weighted by atomic mass is 79.9. The molecule has 0 amide bonds. The Labute approximate surface area is 128 Å². The second-order valence-electron chi connectivity index (χ2n) is 4.33. The summed E-state index contributed by atoms with van der Waals surface area (Å²) in [6.07, 6.45) is -4.63. The van der Waals surface area contributed by atoms with Crippen molar-refractivity contribution in [3.63, 3.8) is 0 Å². The molecule has 1 aromatic carbocycles. The molecule has 0 aliphatic carbocycles. The van der Waals surface area contributed by atoms with E-state index in [-0.39, 0.29) is 9.92 Å². The average Bonchev–Trinajstić information content (AvgIpc) is 2.23. The smallest absolute Gasteiger partial charge is 0.207 e. The van der Waals surface area contributed by atoms with Gasteiger partial charge in [-0.1, -0.05) is 27.5 Å². The highest BCUT2D eigenvalue weighted by Crippen LogP contribution is 2.30. The lowest BCUT2D eigenvalue weighted by Gasteiger charge is -2.27. The maximum absolute atomic E-state index is 12.5. The average molecular weight is 395 g/mol. The minimum Gasteiger partial charge on any atom is -0.207 e. The molecule has 0 N–H and O–H groups in total. The van der Waals surface area contributed by atoms with E-state index in [0.29, 0.717) is 8.78 Å². The van der Waals surface area contributed by atoms with E-state index >= 15 is 0 Å². The summed E-state index contributed by atoms with van der Waals surface area (Å²) in [5.41, 5.74) is 0. The fraction of sp³-hybridized carbons (Fsp3) is 0.455. The number of hydrogen-bond donors (Lipinski definition) is 0. The molecular weight excluding hydrogens is 383 g/mol. The number of halogens is 5. The first-order chi connectivity index (χ1) is 8.95. The standard InChI is InChI=1S/C11H12BrClF3NO2S/c1-7(2)17(6-11(14,15)16)20(18,19)10-4-3-8(12)5-9(10)13/h3-5,7H,6H2,1-2H3. The van der Waals surface area contributed by atoms with Crippen LogP contribution in [-0.2, 0) is 10.0 Å². The van der Waals surface area contributed by atoms with Gasteiger partial charge in [-0.15, -0.1) is 0 Å². The Hall–Kier alpha value is -0.310. The second-order valence-corrected chi connectivity index (χ2v) is 7.52. The van der Waals surface area contributed by atoms with Gasteiger partial charge in [-0.25, -0.2) is 8.42 Å². The molecule has 3 nitrogen and oxygen atoms in total. The molecule has 0 bridgehead atoms. The first-order valence-corrected chi connectivity index (χ1v) is 8.10. The predicted octanol–water partition coefficient (Wildman–Crippen LogP) is 4.06. The van der Waals surface area contributed by atoms with Crippen molar-refractivity contribution in [2.75, 3.05) is 6.54 Å². The topological polar surface area (TPSA) is 37.4 Å². The summed E-state index contributed by atoms with van der Waals surface area (Å²) in [4.78, 5) is -0.347. The van der Waals surface area contributed by atoms with Crippen LogP contribution in [0.15, 0.2) is 27.6 Å². The van der Waals surface area contributed by atoms with Crippen LogP contribution >= 0.6 is 27.5 Å². The summed E-state index contributed by atoms with van der Waals surface area (Å²) >= 11 is 8.92. The molecule has 0 unspecified atom stereocenters. The van der Waals surface area contributed by atoms with E-state index in [9.17, 15) is 21.6 Å². The van der Waals surface area contributed by atoms with Crippen LogP contribution in [0.3, 0.4) is 0 Å². The maximum atomic E-state index is 12.5. The van der Waals surface area contributed by atoms with Gasteiger partial charge in [0.2, 0.25) is 10.0 Å². The van der Waals surface area contributed by atoms with Gasteiger partial charge in [-0.3, -0.25) is 0 Å². The van der Waals surface area contributed by atoms with Crippen LogP contribution < -0.4 is 0 Å². The fourth-order valence-electron chi connectivity index (χ4n) is 1.53. The van der Waals surface area contributed by atoms with Crippen LogP contribution in [0.25, 0.3) is 0 Å². The summed E-state index contributed by atoms with van der Waals surface area (Å²) in [5, 5.41) is -0.132. The van der Waals surface area contributed by atoms with Gasteiger partial charge in [0.05, 0.1) is 5.02 Å². The summed E-state index contributed by atoms with van der Waals surface area (Å²) in [7, 11) is -4.32. The lowest BCUT2D eigenvalue weighted by molar-refractivity contribution is -0.138.